The second-order valence-corrected chi connectivity index (χ2v) is 2.66. The Kier molecular flexibility index (Phi) is 3.67. The van der Waals surface area contributed by atoms with E-state index in [9.17, 15) is 0 Å². The summed E-state index contributed by atoms with van der Waals surface area (Å²) in [6.07, 6.45) is 9.49. The first-order valence-electron chi connectivity index (χ1n) is 4.16. The van der Waals surface area contributed by atoms with Gasteiger partial charge in [-0.2, -0.15) is 0 Å². The predicted molar refractivity (Wildman–Crippen MR) is 45.1 cm³/mol. The lowest BCUT2D eigenvalue weighted by molar-refractivity contribution is 0.715. The van der Waals surface area contributed by atoms with Gasteiger partial charge in [-0.15, -0.1) is 0 Å². The Morgan fingerprint density at radius 1 is 1.45 bits per heavy atom. The Morgan fingerprint density at radius 3 is 3.00 bits per heavy atom. The van der Waals surface area contributed by atoms with Crippen LogP contribution in [0.3, 0.4) is 0 Å². The van der Waals surface area contributed by atoms with Gasteiger partial charge in [0.05, 0.1) is 6.20 Å². The molecule has 0 aromatic carbocycles. The Hall–Kier alpha value is -0.850. The molecule has 0 N–H and O–H groups in total. The summed E-state index contributed by atoms with van der Waals surface area (Å²) in [5.74, 6) is 0. The maximum absolute atomic E-state index is 3.88. The van der Waals surface area contributed by atoms with Crippen molar-refractivity contribution in [1.29, 1.82) is 0 Å². The van der Waals surface area contributed by atoms with Gasteiger partial charge in [-0.25, -0.2) is 0 Å². The van der Waals surface area contributed by atoms with Gasteiger partial charge in [0.15, 0.2) is 0 Å². The Morgan fingerprint density at radius 2 is 2.36 bits per heavy atom. The SMILES string of the molecule is CCCCCc1[c]nc[c]c1. The first-order valence-corrected chi connectivity index (χ1v) is 4.16. The van der Waals surface area contributed by atoms with Crippen LogP contribution < -0.4 is 0 Å². The molecule has 1 aromatic heterocycles. The Balaban J connectivity index is 2.28. The molecule has 1 nitrogen and oxygen atoms in total. The van der Waals surface area contributed by atoms with Crippen molar-refractivity contribution in [3.63, 3.8) is 0 Å². The lowest BCUT2D eigenvalue weighted by atomic mass is 10.1. The van der Waals surface area contributed by atoms with Crippen molar-refractivity contribution < 1.29 is 0 Å². The highest BCUT2D eigenvalue weighted by atomic mass is 14.6. The van der Waals surface area contributed by atoms with Crippen LogP contribution in [0.5, 0.6) is 0 Å². The van der Waals surface area contributed by atoms with Crippen LogP contribution in [-0.2, 0) is 6.42 Å². The molecule has 1 rings (SSSR count). The quantitative estimate of drug-likeness (QED) is 0.596. The topological polar surface area (TPSA) is 12.9 Å². The minimum absolute atomic E-state index is 1.10. The van der Waals surface area contributed by atoms with E-state index in [0.717, 1.165) is 6.42 Å². The van der Waals surface area contributed by atoms with Crippen molar-refractivity contribution in [3.8, 4) is 0 Å². The molecule has 0 bridgehead atoms. The molecule has 0 amide bonds. The first-order chi connectivity index (χ1) is 5.43. The smallest absolute Gasteiger partial charge is 0.0921 e. The fourth-order valence-corrected chi connectivity index (χ4v) is 1.02. The van der Waals surface area contributed by atoms with Crippen LogP contribution in [0.2, 0.25) is 0 Å². The first kappa shape index (κ1) is 8.25. The molecule has 0 saturated carbocycles. The number of hydrogen-bond donors (Lipinski definition) is 0. The predicted octanol–water partition coefficient (Wildman–Crippen LogP) is 2.41. The van der Waals surface area contributed by atoms with Gasteiger partial charge in [0.25, 0.3) is 0 Å². The number of unbranched alkanes of at least 4 members (excludes halogenated alkanes) is 2. The molecule has 0 spiro atoms. The van der Waals surface area contributed by atoms with E-state index < -0.39 is 0 Å². The molecule has 0 aliphatic carbocycles. The number of rotatable bonds is 4. The summed E-state index contributed by atoms with van der Waals surface area (Å²) in [5, 5.41) is 0. The number of aromatic nitrogens is 1. The van der Waals surface area contributed by atoms with Crippen LogP contribution in [0, 0.1) is 12.3 Å². The Labute approximate surface area is 68.5 Å². The monoisotopic (exact) mass is 147 g/mol. The summed E-state index contributed by atoms with van der Waals surface area (Å²) < 4.78 is 0. The van der Waals surface area contributed by atoms with Crippen molar-refractivity contribution in [2.24, 2.45) is 0 Å². The molecule has 1 heterocycles. The van der Waals surface area contributed by atoms with E-state index in [1.54, 1.807) is 6.20 Å². The average molecular weight is 147 g/mol. The summed E-state index contributed by atoms with van der Waals surface area (Å²) in [6.45, 7) is 2.21. The molecule has 0 aliphatic rings. The maximum Gasteiger partial charge on any atom is 0.0921 e. The van der Waals surface area contributed by atoms with Gasteiger partial charge in [-0.05, 0) is 24.5 Å². The van der Waals surface area contributed by atoms with Crippen molar-refractivity contribution in [2.45, 2.75) is 32.6 Å². The van der Waals surface area contributed by atoms with Crippen LogP contribution in [0.4, 0.5) is 0 Å². The molecule has 1 aromatic rings. The third kappa shape index (κ3) is 3.17. The molecule has 11 heavy (non-hydrogen) atoms. The summed E-state index contributed by atoms with van der Waals surface area (Å²) in [4.78, 5) is 3.88. The minimum Gasteiger partial charge on any atom is -0.254 e. The summed E-state index contributed by atoms with van der Waals surface area (Å²) >= 11 is 0. The third-order valence-electron chi connectivity index (χ3n) is 1.65. The van der Waals surface area contributed by atoms with E-state index in [-0.39, 0.29) is 0 Å². The zero-order chi connectivity index (χ0) is 7.94. The maximum atomic E-state index is 3.88. The summed E-state index contributed by atoms with van der Waals surface area (Å²) in [5.41, 5.74) is 1.18. The summed E-state index contributed by atoms with van der Waals surface area (Å²) in [6, 6.07) is 4.91. The molecule has 0 saturated heterocycles. The van der Waals surface area contributed by atoms with E-state index in [1.807, 2.05) is 6.07 Å². The molecular weight excluding hydrogens is 134 g/mol. The van der Waals surface area contributed by atoms with Crippen molar-refractivity contribution in [2.75, 3.05) is 0 Å². The molecule has 2 radical (unpaired) electrons. The highest BCUT2D eigenvalue weighted by Gasteiger charge is 1.91. The lowest BCUT2D eigenvalue weighted by Gasteiger charge is -1.96. The van der Waals surface area contributed by atoms with Crippen molar-refractivity contribution in [1.82, 2.24) is 4.98 Å². The van der Waals surface area contributed by atoms with Gasteiger partial charge in [0.2, 0.25) is 0 Å². The molecule has 0 atom stereocenters. The minimum atomic E-state index is 1.10. The third-order valence-corrected chi connectivity index (χ3v) is 1.65. The molecule has 58 valence electrons. The molecule has 0 fully saturated rings. The highest BCUT2D eigenvalue weighted by molar-refractivity contribution is 5.05. The van der Waals surface area contributed by atoms with E-state index in [2.05, 4.69) is 24.2 Å². The lowest BCUT2D eigenvalue weighted by Crippen LogP contribution is -1.86. The van der Waals surface area contributed by atoms with Gasteiger partial charge >= 0.3 is 0 Å². The zero-order valence-electron chi connectivity index (χ0n) is 6.93. The molecular formula is C10H13N. The average Bonchev–Trinajstić information content (AvgIpc) is 2.07. The van der Waals surface area contributed by atoms with E-state index in [0.29, 0.717) is 0 Å². The molecule has 1 heteroatoms. The van der Waals surface area contributed by atoms with Crippen molar-refractivity contribution >= 4 is 0 Å². The van der Waals surface area contributed by atoms with Gasteiger partial charge in [0, 0.05) is 12.3 Å². The molecule has 0 aliphatic heterocycles. The van der Waals surface area contributed by atoms with E-state index in [4.69, 9.17) is 0 Å². The standard InChI is InChI=1S/C10H13N/c1-2-3-4-6-10-7-5-8-11-9-10/h7-8H,2-4,6H2,1H3. The van der Waals surface area contributed by atoms with Crippen LogP contribution >= 0.6 is 0 Å². The second-order valence-electron chi connectivity index (χ2n) is 2.66. The van der Waals surface area contributed by atoms with Gasteiger partial charge in [0.1, 0.15) is 0 Å². The van der Waals surface area contributed by atoms with Crippen LogP contribution in [0.15, 0.2) is 12.3 Å². The molecule has 0 unspecified atom stereocenters. The largest absolute Gasteiger partial charge is 0.254 e. The van der Waals surface area contributed by atoms with Gasteiger partial charge in [-0.1, -0.05) is 19.8 Å². The van der Waals surface area contributed by atoms with Gasteiger partial charge in [-0.3, -0.25) is 4.98 Å². The summed E-state index contributed by atoms with van der Waals surface area (Å²) in [7, 11) is 0. The number of pyridine rings is 1. The fraction of sp³-hybridized carbons (Fsp3) is 0.500. The zero-order valence-corrected chi connectivity index (χ0v) is 6.93. The van der Waals surface area contributed by atoms with Crippen LogP contribution in [-0.4, -0.2) is 4.98 Å². The second kappa shape index (κ2) is 4.89. The number of hydrogen-bond acceptors (Lipinski definition) is 1. The Bertz CT molecular complexity index is 181. The van der Waals surface area contributed by atoms with E-state index in [1.165, 1.54) is 24.8 Å². The van der Waals surface area contributed by atoms with Crippen LogP contribution in [0.1, 0.15) is 31.7 Å². The number of nitrogens with zero attached hydrogens (tertiary/aromatic N) is 1. The normalized spacial score (nSPS) is 9.91. The van der Waals surface area contributed by atoms with Crippen LogP contribution in [0.25, 0.3) is 0 Å². The highest BCUT2D eigenvalue weighted by Crippen LogP contribution is 2.03. The number of aryl methyl sites for hydroxylation is 1. The van der Waals surface area contributed by atoms with Crippen molar-refractivity contribution in [3.05, 3.63) is 30.1 Å². The fourth-order valence-electron chi connectivity index (χ4n) is 1.02. The van der Waals surface area contributed by atoms with E-state index >= 15 is 0 Å². The van der Waals surface area contributed by atoms with Gasteiger partial charge < -0.3 is 0 Å².